The zero-order valence-corrected chi connectivity index (χ0v) is 9.03. The molecular formula is C12H19NO. The number of anilines is 1. The quantitative estimate of drug-likeness (QED) is 0.777. The fourth-order valence-electron chi connectivity index (χ4n) is 1.60. The molecule has 0 atom stereocenters. The molecule has 0 bridgehead atoms. The lowest BCUT2D eigenvalue weighted by Gasteiger charge is -2.23. The minimum Gasteiger partial charge on any atom is -0.508 e. The molecule has 0 aliphatic carbocycles. The smallest absolute Gasteiger partial charge is 0.117 e. The maximum absolute atomic E-state index is 9.37. The molecule has 78 valence electrons. The molecule has 0 spiro atoms. The van der Waals surface area contributed by atoms with Gasteiger partial charge in [0.05, 0.1) is 0 Å². The van der Waals surface area contributed by atoms with Crippen LogP contribution in [0.1, 0.15) is 26.7 Å². The van der Waals surface area contributed by atoms with Crippen molar-refractivity contribution in [1.29, 1.82) is 0 Å². The van der Waals surface area contributed by atoms with E-state index in [2.05, 4.69) is 18.7 Å². The SMILES string of the molecule is CCCN(CCC)c1cccc(O)c1. The normalized spacial score (nSPS) is 10.1. The van der Waals surface area contributed by atoms with E-state index in [0.29, 0.717) is 5.75 Å². The van der Waals surface area contributed by atoms with Crippen LogP contribution in [0.2, 0.25) is 0 Å². The van der Waals surface area contributed by atoms with Gasteiger partial charge in [-0.3, -0.25) is 0 Å². The van der Waals surface area contributed by atoms with Crippen LogP contribution in [0.15, 0.2) is 24.3 Å². The largest absolute Gasteiger partial charge is 0.508 e. The van der Waals surface area contributed by atoms with Crippen molar-refractivity contribution in [2.75, 3.05) is 18.0 Å². The van der Waals surface area contributed by atoms with Crippen LogP contribution in [-0.4, -0.2) is 18.2 Å². The summed E-state index contributed by atoms with van der Waals surface area (Å²) in [7, 11) is 0. The van der Waals surface area contributed by atoms with Gasteiger partial charge >= 0.3 is 0 Å². The highest BCUT2D eigenvalue weighted by atomic mass is 16.3. The number of nitrogens with zero attached hydrogens (tertiary/aromatic N) is 1. The number of rotatable bonds is 5. The van der Waals surface area contributed by atoms with E-state index in [4.69, 9.17) is 0 Å². The first kappa shape index (κ1) is 10.9. The Kier molecular flexibility index (Phi) is 4.30. The zero-order valence-electron chi connectivity index (χ0n) is 9.03. The van der Waals surface area contributed by atoms with E-state index < -0.39 is 0 Å². The third-order valence-electron chi connectivity index (χ3n) is 2.18. The van der Waals surface area contributed by atoms with Crippen molar-refractivity contribution in [3.63, 3.8) is 0 Å². The van der Waals surface area contributed by atoms with Crippen LogP contribution in [0.5, 0.6) is 5.75 Å². The zero-order chi connectivity index (χ0) is 10.4. The number of hydrogen-bond donors (Lipinski definition) is 1. The second-order valence-corrected chi connectivity index (χ2v) is 3.51. The van der Waals surface area contributed by atoms with E-state index in [-0.39, 0.29) is 0 Å². The topological polar surface area (TPSA) is 23.5 Å². The lowest BCUT2D eigenvalue weighted by atomic mass is 10.2. The molecule has 1 aromatic rings. The first-order chi connectivity index (χ1) is 6.77. The van der Waals surface area contributed by atoms with E-state index in [9.17, 15) is 5.11 Å². The second-order valence-electron chi connectivity index (χ2n) is 3.51. The van der Waals surface area contributed by atoms with Gasteiger partial charge in [-0.2, -0.15) is 0 Å². The van der Waals surface area contributed by atoms with Crippen molar-refractivity contribution >= 4 is 5.69 Å². The lowest BCUT2D eigenvalue weighted by molar-refractivity contribution is 0.475. The summed E-state index contributed by atoms with van der Waals surface area (Å²) in [6, 6.07) is 7.47. The predicted molar refractivity (Wildman–Crippen MR) is 60.9 cm³/mol. The minimum absolute atomic E-state index is 0.347. The summed E-state index contributed by atoms with van der Waals surface area (Å²) in [4.78, 5) is 2.31. The first-order valence-electron chi connectivity index (χ1n) is 5.32. The molecule has 2 heteroatoms. The van der Waals surface area contributed by atoms with Crippen LogP contribution < -0.4 is 4.90 Å². The number of phenolic OH excluding ortho intramolecular Hbond substituents is 1. The maximum atomic E-state index is 9.37. The van der Waals surface area contributed by atoms with Gasteiger partial charge in [-0.15, -0.1) is 0 Å². The van der Waals surface area contributed by atoms with Crippen molar-refractivity contribution < 1.29 is 5.11 Å². The van der Waals surface area contributed by atoms with Crippen molar-refractivity contribution in [1.82, 2.24) is 0 Å². The number of hydrogen-bond acceptors (Lipinski definition) is 2. The van der Waals surface area contributed by atoms with Crippen molar-refractivity contribution in [2.45, 2.75) is 26.7 Å². The molecule has 0 aromatic heterocycles. The lowest BCUT2D eigenvalue weighted by Crippen LogP contribution is -2.24. The highest BCUT2D eigenvalue weighted by molar-refractivity contribution is 5.50. The van der Waals surface area contributed by atoms with Gasteiger partial charge in [0.15, 0.2) is 0 Å². The van der Waals surface area contributed by atoms with Gasteiger partial charge in [0.1, 0.15) is 5.75 Å². The average molecular weight is 193 g/mol. The van der Waals surface area contributed by atoms with E-state index in [1.54, 1.807) is 6.07 Å². The van der Waals surface area contributed by atoms with Crippen LogP contribution in [0.4, 0.5) is 5.69 Å². The fourth-order valence-corrected chi connectivity index (χ4v) is 1.60. The van der Waals surface area contributed by atoms with E-state index in [0.717, 1.165) is 31.6 Å². The Hall–Kier alpha value is -1.18. The molecule has 0 aliphatic heterocycles. The summed E-state index contributed by atoms with van der Waals surface area (Å²) >= 11 is 0. The second kappa shape index (κ2) is 5.53. The van der Waals surface area contributed by atoms with Crippen LogP contribution >= 0.6 is 0 Å². The molecule has 0 saturated heterocycles. The Morgan fingerprint density at radius 1 is 1.14 bits per heavy atom. The summed E-state index contributed by atoms with van der Waals surface area (Å²) in [5.41, 5.74) is 1.12. The van der Waals surface area contributed by atoms with E-state index in [1.807, 2.05) is 18.2 Å². The number of aromatic hydroxyl groups is 1. The molecule has 0 heterocycles. The molecule has 1 N–H and O–H groups in total. The van der Waals surface area contributed by atoms with Gasteiger partial charge < -0.3 is 10.0 Å². The van der Waals surface area contributed by atoms with E-state index >= 15 is 0 Å². The standard InChI is InChI=1S/C12H19NO/c1-3-8-13(9-4-2)11-6-5-7-12(14)10-11/h5-7,10,14H,3-4,8-9H2,1-2H3. The monoisotopic (exact) mass is 193 g/mol. The summed E-state index contributed by atoms with van der Waals surface area (Å²) < 4.78 is 0. The molecule has 1 aromatic carbocycles. The molecule has 14 heavy (non-hydrogen) atoms. The molecule has 0 saturated carbocycles. The van der Waals surface area contributed by atoms with Crippen molar-refractivity contribution in [2.24, 2.45) is 0 Å². The molecule has 0 radical (unpaired) electrons. The van der Waals surface area contributed by atoms with Crippen LogP contribution in [0.25, 0.3) is 0 Å². The molecular weight excluding hydrogens is 174 g/mol. The van der Waals surface area contributed by atoms with Gasteiger partial charge in [-0.05, 0) is 25.0 Å². The predicted octanol–water partition coefficient (Wildman–Crippen LogP) is 3.02. The third-order valence-corrected chi connectivity index (χ3v) is 2.18. The molecule has 2 nitrogen and oxygen atoms in total. The van der Waals surface area contributed by atoms with Crippen LogP contribution in [0.3, 0.4) is 0 Å². The Labute approximate surface area is 86.2 Å². The number of benzene rings is 1. The Bertz CT molecular complexity index is 267. The molecule has 0 aliphatic rings. The molecule has 0 unspecified atom stereocenters. The van der Waals surface area contributed by atoms with Gasteiger partial charge in [-0.1, -0.05) is 19.9 Å². The van der Waals surface area contributed by atoms with Crippen LogP contribution in [-0.2, 0) is 0 Å². The molecule has 1 rings (SSSR count). The molecule has 0 fully saturated rings. The van der Waals surface area contributed by atoms with Crippen molar-refractivity contribution in [3.8, 4) is 5.75 Å². The highest BCUT2D eigenvalue weighted by Gasteiger charge is 2.03. The third kappa shape index (κ3) is 2.95. The maximum Gasteiger partial charge on any atom is 0.117 e. The number of phenols is 1. The average Bonchev–Trinajstić information content (AvgIpc) is 2.17. The molecule has 0 amide bonds. The Balaban J connectivity index is 2.75. The van der Waals surface area contributed by atoms with Gasteiger partial charge in [0.25, 0.3) is 0 Å². The minimum atomic E-state index is 0.347. The van der Waals surface area contributed by atoms with Crippen LogP contribution in [0, 0.1) is 0 Å². The first-order valence-corrected chi connectivity index (χ1v) is 5.32. The van der Waals surface area contributed by atoms with Gasteiger partial charge in [-0.25, -0.2) is 0 Å². The summed E-state index contributed by atoms with van der Waals surface area (Å²) in [6.45, 7) is 6.45. The summed E-state index contributed by atoms with van der Waals surface area (Å²) in [5, 5.41) is 9.37. The summed E-state index contributed by atoms with van der Waals surface area (Å²) in [5.74, 6) is 0.347. The van der Waals surface area contributed by atoms with Gasteiger partial charge in [0, 0.05) is 24.8 Å². The highest BCUT2D eigenvalue weighted by Crippen LogP contribution is 2.20. The Morgan fingerprint density at radius 3 is 2.29 bits per heavy atom. The Morgan fingerprint density at radius 2 is 1.79 bits per heavy atom. The fraction of sp³-hybridized carbons (Fsp3) is 0.500. The summed E-state index contributed by atoms with van der Waals surface area (Å²) in [6.07, 6.45) is 2.27. The van der Waals surface area contributed by atoms with Gasteiger partial charge in [0.2, 0.25) is 0 Å². The van der Waals surface area contributed by atoms with E-state index in [1.165, 1.54) is 0 Å². The van der Waals surface area contributed by atoms with Crippen molar-refractivity contribution in [3.05, 3.63) is 24.3 Å².